The molecule has 0 bridgehead atoms. The van der Waals surface area contributed by atoms with Gasteiger partial charge in [0.2, 0.25) is 5.89 Å². The van der Waals surface area contributed by atoms with E-state index in [1.165, 1.54) is 5.56 Å². The van der Waals surface area contributed by atoms with Gasteiger partial charge in [-0.05, 0) is 43.7 Å². The smallest absolute Gasteiger partial charge is 0.244 e. The molecule has 1 saturated heterocycles. The van der Waals surface area contributed by atoms with Crippen LogP contribution in [0, 0.1) is 5.92 Å². The van der Waals surface area contributed by atoms with Crippen LogP contribution in [0.4, 0.5) is 0 Å². The fourth-order valence-electron chi connectivity index (χ4n) is 3.63. The number of methoxy groups -OCH3 is 1. The standard InChI is InChI=1S/C21H31N3O3/c1-14(2)20-23-21(27-24-20)19(16-9-11-26-12-10-16)22-15(3)13-17-7-5-6-8-18(17)25-4/h5-8,14-16,19,22H,9-13H2,1-4H3. The minimum atomic E-state index is 0.0404. The summed E-state index contributed by atoms with van der Waals surface area (Å²) >= 11 is 0. The quantitative estimate of drug-likeness (QED) is 0.757. The zero-order chi connectivity index (χ0) is 19.2. The molecular weight excluding hydrogens is 342 g/mol. The second kappa shape index (κ2) is 9.33. The summed E-state index contributed by atoms with van der Waals surface area (Å²) < 4.78 is 16.7. The van der Waals surface area contributed by atoms with Crippen LogP contribution in [0.15, 0.2) is 28.8 Å². The SMILES string of the molecule is COc1ccccc1CC(C)NC(c1nc(C(C)C)no1)C1CCOCC1. The largest absolute Gasteiger partial charge is 0.496 e. The van der Waals surface area contributed by atoms with Crippen LogP contribution in [0.3, 0.4) is 0 Å². The number of nitrogens with zero attached hydrogens (tertiary/aromatic N) is 2. The van der Waals surface area contributed by atoms with Crippen LogP contribution < -0.4 is 10.1 Å². The maximum atomic E-state index is 5.65. The van der Waals surface area contributed by atoms with Crippen LogP contribution in [-0.2, 0) is 11.2 Å². The Bertz CT molecular complexity index is 710. The Hall–Kier alpha value is -1.92. The van der Waals surface area contributed by atoms with Crippen molar-refractivity contribution < 1.29 is 14.0 Å². The van der Waals surface area contributed by atoms with Crippen LogP contribution in [0.2, 0.25) is 0 Å². The van der Waals surface area contributed by atoms with Gasteiger partial charge in [-0.1, -0.05) is 37.2 Å². The fraction of sp³-hybridized carbons (Fsp3) is 0.619. The number of aromatic nitrogens is 2. The van der Waals surface area contributed by atoms with Crippen molar-refractivity contribution in [2.45, 2.75) is 58.0 Å². The predicted octanol–water partition coefficient (Wildman–Crippen LogP) is 3.89. The number of rotatable bonds is 8. The minimum Gasteiger partial charge on any atom is -0.496 e. The molecule has 2 atom stereocenters. The van der Waals surface area contributed by atoms with Gasteiger partial charge in [0.1, 0.15) is 5.75 Å². The lowest BCUT2D eigenvalue weighted by atomic mass is 9.90. The average molecular weight is 373 g/mol. The van der Waals surface area contributed by atoms with E-state index in [9.17, 15) is 0 Å². The fourth-order valence-corrected chi connectivity index (χ4v) is 3.63. The van der Waals surface area contributed by atoms with Crippen molar-refractivity contribution >= 4 is 0 Å². The van der Waals surface area contributed by atoms with Crippen molar-refractivity contribution in [2.24, 2.45) is 5.92 Å². The van der Waals surface area contributed by atoms with Crippen molar-refractivity contribution in [2.75, 3.05) is 20.3 Å². The molecule has 6 heteroatoms. The highest BCUT2D eigenvalue weighted by Gasteiger charge is 2.31. The molecule has 3 rings (SSSR count). The van der Waals surface area contributed by atoms with E-state index >= 15 is 0 Å². The van der Waals surface area contributed by atoms with Crippen LogP contribution in [0.5, 0.6) is 5.75 Å². The van der Waals surface area contributed by atoms with Crippen LogP contribution >= 0.6 is 0 Å². The molecule has 2 aromatic rings. The minimum absolute atomic E-state index is 0.0404. The van der Waals surface area contributed by atoms with Gasteiger partial charge in [-0.15, -0.1) is 0 Å². The van der Waals surface area contributed by atoms with Crippen molar-refractivity contribution in [3.05, 3.63) is 41.5 Å². The van der Waals surface area contributed by atoms with Crippen LogP contribution in [0.25, 0.3) is 0 Å². The third-order valence-electron chi connectivity index (χ3n) is 5.16. The normalized spacial score (nSPS) is 17.8. The molecule has 27 heavy (non-hydrogen) atoms. The lowest BCUT2D eigenvalue weighted by Crippen LogP contribution is -2.38. The van der Waals surface area contributed by atoms with E-state index in [1.54, 1.807) is 7.11 Å². The van der Waals surface area contributed by atoms with Gasteiger partial charge in [-0.25, -0.2) is 0 Å². The van der Waals surface area contributed by atoms with E-state index in [2.05, 4.69) is 42.3 Å². The van der Waals surface area contributed by atoms with Gasteiger partial charge in [-0.2, -0.15) is 4.98 Å². The molecule has 0 saturated carbocycles. The molecule has 2 heterocycles. The molecule has 1 fully saturated rings. The summed E-state index contributed by atoms with van der Waals surface area (Å²) in [7, 11) is 1.72. The first-order valence-electron chi connectivity index (χ1n) is 9.87. The van der Waals surface area contributed by atoms with Gasteiger partial charge in [0, 0.05) is 25.2 Å². The second-order valence-corrected chi connectivity index (χ2v) is 7.66. The zero-order valence-corrected chi connectivity index (χ0v) is 16.8. The molecule has 1 N–H and O–H groups in total. The predicted molar refractivity (Wildman–Crippen MR) is 104 cm³/mol. The van der Waals surface area contributed by atoms with E-state index in [-0.39, 0.29) is 18.0 Å². The Kier molecular flexibility index (Phi) is 6.85. The van der Waals surface area contributed by atoms with Crippen molar-refractivity contribution in [3.8, 4) is 5.75 Å². The Morgan fingerprint density at radius 3 is 2.59 bits per heavy atom. The molecule has 2 unspecified atom stereocenters. The van der Waals surface area contributed by atoms with Crippen molar-refractivity contribution in [1.82, 2.24) is 15.5 Å². The zero-order valence-electron chi connectivity index (χ0n) is 16.8. The van der Waals surface area contributed by atoms with Gasteiger partial charge < -0.3 is 19.3 Å². The van der Waals surface area contributed by atoms with Gasteiger partial charge in [0.05, 0.1) is 13.2 Å². The Labute approximate surface area is 161 Å². The molecule has 6 nitrogen and oxygen atoms in total. The average Bonchev–Trinajstić information content (AvgIpc) is 3.17. The molecule has 1 aliphatic heterocycles. The van der Waals surface area contributed by atoms with E-state index in [0.717, 1.165) is 44.1 Å². The monoisotopic (exact) mass is 373 g/mol. The summed E-state index contributed by atoms with van der Waals surface area (Å²) in [6.07, 6.45) is 2.87. The second-order valence-electron chi connectivity index (χ2n) is 7.66. The van der Waals surface area contributed by atoms with Gasteiger partial charge in [-0.3, -0.25) is 0 Å². The summed E-state index contributed by atoms with van der Waals surface area (Å²) in [5.41, 5.74) is 1.19. The van der Waals surface area contributed by atoms with Gasteiger partial charge in [0.25, 0.3) is 0 Å². The lowest BCUT2D eigenvalue weighted by molar-refractivity contribution is 0.0471. The number of para-hydroxylation sites is 1. The molecule has 0 amide bonds. The summed E-state index contributed by atoms with van der Waals surface area (Å²) in [5.74, 6) is 3.07. The Morgan fingerprint density at radius 2 is 1.93 bits per heavy atom. The van der Waals surface area contributed by atoms with Gasteiger partial charge in [0.15, 0.2) is 5.82 Å². The third kappa shape index (κ3) is 5.08. The van der Waals surface area contributed by atoms with E-state index < -0.39 is 0 Å². The number of nitrogens with one attached hydrogen (secondary N) is 1. The third-order valence-corrected chi connectivity index (χ3v) is 5.16. The molecule has 1 aliphatic rings. The molecule has 0 aliphatic carbocycles. The first-order valence-corrected chi connectivity index (χ1v) is 9.87. The van der Waals surface area contributed by atoms with Crippen LogP contribution in [-0.4, -0.2) is 36.5 Å². The number of ether oxygens (including phenoxy) is 2. The Morgan fingerprint density at radius 1 is 1.19 bits per heavy atom. The molecule has 148 valence electrons. The highest BCUT2D eigenvalue weighted by molar-refractivity contribution is 5.33. The Balaban J connectivity index is 1.75. The summed E-state index contributed by atoms with van der Waals surface area (Å²) in [6.45, 7) is 7.92. The molecule has 1 aromatic carbocycles. The highest BCUT2D eigenvalue weighted by Crippen LogP contribution is 2.31. The molecule has 1 aromatic heterocycles. The first-order chi connectivity index (χ1) is 13.1. The van der Waals surface area contributed by atoms with E-state index in [4.69, 9.17) is 14.0 Å². The molecule has 0 radical (unpaired) electrons. The summed E-state index contributed by atoms with van der Waals surface area (Å²) in [5, 5.41) is 7.92. The lowest BCUT2D eigenvalue weighted by Gasteiger charge is -2.31. The maximum absolute atomic E-state index is 5.65. The maximum Gasteiger partial charge on any atom is 0.244 e. The van der Waals surface area contributed by atoms with Gasteiger partial charge >= 0.3 is 0 Å². The van der Waals surface area contributed by atoms with E-state index in [1.807, 2.05) is 18.2 Å². The number of hydrogen-bond donors (Lipinski definition) is 1. The first kappa shape index (κ1) is 19.8. The topological polar surface area (TPSA) is 69.4 Å². The van der Waals surface area contributed by atoms with Crippen LogP contribution in [0.1, 0.15) is 62.9 Å². The van der Waals surface area contributed by atoms with Crippen molar-refractivity contribution in [1.29, 1.82) is 0 Å². The summed E-state index contributed by atoms with van der Waals surface area (Å²) in [6, 6.07) is 8.45. The summed E-state index contributed by atoms with van der Waals surface area (Å²) in [4.78, 5) is 4.67. The number of benzene rings is 1. The van der Waals surface area contributed by atoms with Crippen molar-refractivity contribution in [3.63, 3.8) is 0 Å². The van der Waals surface area contributed by atoms with E-state index in [0.29, 0.717) is 11.8 Å². The molecule has 0 spiro atoms. The highest BCUT2D eigenvalue weighted by atomic mass is 16.5. The number of hydrogen-bond acceptors (Lipinski definition) is 6. The molecular formula is C21H31N3O3.